The molecular weight excluding hydrogens is 448 g/mol. The van der Waals surface area contributed by atoms with Gasteiger partial charge in [0.1, 0.15) is 12.1 Å². The third-order valence-corrected chi connectivity index (χ3v) is 4.74. The summed E-state index contributed by atoms with van der Waals surface area (Å²) in [6.45, 7) is 1.11. The molecule has 0 aliphatic carbocycles. The summed E-state index contributed by atoms with van der Waals surface area (Å²) in [6, 6.07) is -5.88. The van der Waals surface area contributed by atoms with Gasteiger partial charge in [0.2, 0.25) is 29.5 Å². The average molecular weight is 479 g/mol. The summed E-state index contributed by atoms with van der Waals surface area (Å²) in [5.41, 5.74) is 15.9. The van der Waals surface area contributed by atoms with Crippen LogP contribution in [0.2, 0.25) is 0 Å². The van der Waals surface area contributed by atoms with E-state index in [9.17, 15) is 33.9 Å². The van der Waals surface area contributed by atoms with Gasteiger partial charge in [0, 0.05) is 0 Å². The summed E-state index contributed by atoms with van der Waals surface area (Å²) in [7, 11) is 0. The van der Waals surface area contributed by atoms with Crippen LogP contribution in [0.4, 0.5) is 0 Å². The van der Waals surface area contributed by atoms with E-state index in [1.807, 2.05) is 11.6 Å². The van der Waals surface area contributed by atoms with E-state index in [-0.39, 0.29) is 0 Å². The fourth-order valence-corrected chi connectivity index (χ4v) is 2.88. The Morgan fingerprint density at radius 3 is 1.69 bits per heavy atom. The maximum Gasteiger partial charge on any atom is 0.328 e. The van der Waals surface area contributed by atoms with Gasteiger partial charge in [-0.05, 0) is 25.4 Å². The molecule has 0 radical (unpaired) electrons. The number of carbonyl (C=O) groups excluding carboxylic acids is 5. The molecule has 0 heterocycles. The Hall–Kier alpha value is -2.91. The second-order valence-electron chi connectivity index (χ2n) is 6.92. The average Bonchev–Trinajstić information content (AvgIpc) is 2.67. The van der Waals surface area contributed by atoms with Gasteiger partial charge in [-0.2, -0.15) is 11.8 Å². The molecule has 0 rings (SSSR count). The molecule has 0 aromatic carbocycles. The second-order valence-corrected chi connectivity index (χ2v) is 7.90. The van der Waals surface area contributed by atoms with E-state index in [4.69, 9.17) is 22.3 Å². The van der Waals surface area contributed by atoms with E-state index < -0.39 is 78.6 Å². The van der Waals surface area contributed by atoms with Crippen molar-refractivity contribution < 1.29 is 39.0 Å². The van der Waals surface area contributed by atoms with E-state index in [1.54, 1.807) is 0 Å². The number of carboxylic acids is 1. The zero-order valence-corrected chi connectivity index (χ0v) is 18.5. The number of carboxylic acid groups (broad SMARTS) is 1. The predicted molar refractivity (Wildman–Crippen MR) is 114 cm³/mol. The Morgan fingerprint density at radius 1 is 0.875 bits per heavy atom. The maximum atomic E-state index is 12.6. The lowest BCUT2D eigenvalue weighted by Crippen LogP contribution is -2.59. The Bertz CT molecular complexity index is 719. The molecule has 0 bridgehead atoms. The van der Waals surface area contributed by atoms with Crippen LogP contribution in [0.5, 0.6) is 0 Å². The topological polar surface area (TPSA) is 257 Å². The van der Waals surface area contributed by atoms with Gasteiger partial charge in [0.05, 0.1) is 25.0 Å². The molecule has 5 atom stereocenters. The summed E-state index contributed by atoms with van der Waals surface area (Å²) in [5, 5.41) is 24.9. The minimum atomic E-state index is -1.73. The number of hydrogen-bond donors (Lipinski definition) is 8. The van der Waals surface area contributed by atoms with E-state index in [2.05, 4.69) is 10.6 Å². The van der Waals surface area contributed by atoms with Crippen LogP contribution in [0.15, 0.2) is 0 Å². The highest BCUT2D eigenvalue weighted by atomic mass is 32.2. The van der Waals surface area contributed by atoms with E-state index >= 15 is 0 Å². The molecule has 14 nitrogen and oxygen atoms in total. The number of carbonyl (C=O) groups is 6. The molecule has 32 heavy (non-hydrogen) atoms. The molecule has 0 aromatic heterocycles. The number of thioether (sulfide) groups is 1. The van der Waals surface area contributed by atoms with Crippen molar-refractivity contribution in [1.82, 2.24) is 16.0 Å². The second kappa shape index (κ2) is 14.2. The Kier molecular flexibility index (Phi) is 12.9. The first-order chi connectivity index (χ1) is 14.8. The van der Waals surface area contributed by atoms with Gasteiger partial charge in [0.25, 0.3) is 0 Å². The number of amides is 5. The molecule has 0 aliphatic heterocycles. The molecule has 0 fully saturated rings. The van der Waals surface area contributed by atoms with Crippen molar-refractivity contribution >= 4 is 47.3 Å². The van der Waals surface area contributed by atoms with Gasteiger partial charge in [-0.1, -0.05) is 0 Å². The Balaban J connectivity index is 5.49. The Labute approximate surface area is 188 Å². The minimum Gasteiger partial charge on any atom is -0.480 e. The fraction of sp³-hybridized carbons (Fsp3) is 0.647. The highest BCUT2D eigenvalue weighted by molar-refractivity contribution is 7.98. The highest BCUT2D eigenvalue weighted by Crippen LogP contribution is 2.03. The zero-order valence-electron chi connectivity index (χ0n) is 17.7. The van der Waals surface area contributed by atoms with Gasteiger partial charge in [-0.3, -0.25) is 24.0 Å². The van der Waals surface area contributed by atoms with E-state index in [0.29, 0.717) is 12.2 Å². The highest BCUT2D eigenvalue weighted by Gasteiger charge is 2.33. The zero-order chi connectivity index (χ0) is 25.0. The maximum absolute atomic E-state index is 12.6. The largest absolute Gasteiger partial charge is 0.480 e. The lowest BCUT2D eigenvalue weighted by molar-refractivity contribution is -0.145. The van der Waals surface area contributed by atoms with Gasteiger partial charge in [0.15, 0.2) is 6.04 Å². The number of rotatable bonds is 15. The number of nitrogens with one attached hydrogen (secondary N) is 3. The monoisotopic (exact) mass is 478 g/mol. The summed E-state index contributed by atoms with van der Waals surface area (Å²) >= 11 is 1.45. The van der Waals surface area contributed by atoms with Crippen LogP contribution in [0.25, 0.3) is 0 Å². The molecule has 5 amide bonds. The van der Waals surface area contributed by atoms with Crippen LogP contribution >= 0.6 is 11.8 Å². The van der Waals surface area contributed by atoms with Crippen LogP contribution in [0, 0.1) is 0 Å². The molecule has 11 N–H and O–H groups in total. The summed E-state index contributed by atoms with van der Waals surface area (Å²) in [6.07, 6.45) is -0.756. The summed E-state index contributed by atoms with van der Waals surface area (Å²) < 4.78 is 0. The van der Waals surface area contributed by atoms with Crippen LogP contribution in [-0.4, -0.2) is 88.0 Å². The van der Waals surface area contributed by atoms with E-state index in [1.165, 1.54) is 11.8 Å². The quantitative estimate of drug-likeness (QED) is 0.112. The molecule has 0 spiro atoms. The molecular formula is C17H30N6O8S. The third kappa shape index (κ3) is 10.9. The Morgan fingerprint density at radius 2 is 1.31 bits per heavy atom. The first-order valence-electron chi connectivity index (χ1n) is 9.43. The predicted octanol–water partition coefficient (Wildman–Crippen LogP) is -4.26. The van der Waals surface area contributed by atoms with Crippen LogP contribution in [-0.2, 0) is 28.8 Å². The van der Waals surface area contributed by atoms with Crippen molar-refractivity contribution in [2.24, 2.45) is 17.2 Å². The smallest absolute Gasteiger partial charge is 0.328 e. The van der Waals surface area contributed by atoms with Crippen LogP contribution in [0.3, 0.4) is 0 Å². The van der Waals surface area contributed by atoms with Crippen LogP contribution < -0.4 is 33.2 Å². The van der Waals surface area contributed by atoms with Gasteiger partial charge in [-0.15, -0.1) is 0 Å². The molecule has 15 heteroatoms. The summed E-state index contributed by atoms with van der Waals surface area (Å²) in [4.78, 5) is 71.1. The van der Waals surface area contributed by atoms with Crippen molar-refractivity contribution in [3.63, 3.8) is 0 Å². The van der Waals surface area contributed by atoms with E-state index in [0.717, 1.165) is 6.92 Å². The SMILES string of the molecule is CSCCC(N)C(=O)NC(CC(N)=O)C(=O)NC(CC(N)=O)C(=O)NC(C(=O)O)C(C)O. The van der Waals surface area contributed by atoms with Crippen molar-refractivity contribution in [1.29, 1.82) is 0 Å². The number of aliphatic carboxylic acids is 1. The van der Waals surface area contributed by atoms with Gasteiger partial charge >= 0.3 is 5.97 Å². The first kappa shape index (κ1) is 29.1. The van der Waals surface area contributed by atoms with Crippen molar-refractivity contribution in [3.8, 4) is 0 Å². The lowest BCUT2D eigenvalue weighted by atomic mass is 10.1. The third-order valence-electron chi connectivity index (χ3n) is 4.09. The van der Waals surface area contributed by atoms with Gasteiger partial charge in [-0.25, -0.2) is 4.79 Å². The minimum absolute atomic E-state index is 0.292. The molecule has 0 saturated carbocycles. The molecule has 0 saturated heterocycles. The molecule has 0 aromatic rings. The number of nitrogens with two attached hydrogens (primary N) is 3. The fourth-order valence-electron chi connectivity index (χ4n) is 2.39. The first-order valence-corrected chi connectivity index (χ1v) is 10.8. The number of aliphatic hydroxyl groups is 1. The normalized spacial score (nSPS) is 15.4. The van der Waals surface area contributed by atoms with Crippen LogP contribution in [0.1, 0.15) is 26.2 Å². The van der Waals surface area contributed by atoms with Gasteiger partial charge < -0.3 is 43.4 Å². The lowest BCUT2D eigenvalue weighted by Gasteiger charge is -2.24. The molecule has 0 aliphatic rings. The standard InChI is InChI=1S/C17H30N6O8S/c1-7(24)13(17(30)31)23-16(29)10(6-12(20)26)22-15(28)9(5-11(19)25)21-14(27)8(18)3-4-32-2/h7-10,13,24H,3-6,18H2,1-2H3,(H2,19,25)(H2,20,26)(H,21,27)(H,22,28)(H,23,29)(H,30,31). The number of aliphatic hydroxyl groups excluding tert-OH is 1. The van der Waals surface area contributed by atoms with Crippen molar-refractivity contribution in [2.45, 2.75) is 56.5 Å². The molecule has 5 unspecified atom stereocenters. The number of hydrogen-bond acceptors (Lipinski definition) is 9. The van der Waals surface area contributed by atoms with Crippen molar-refractivity contribution in [3.05, 3.63) is 0 Å². The van der Waals surface area contributed by atoms with Crippen molar-refractivity contribution in [2.75, 3.05) is 12.0 Å². The summed E-state index contributed by atoms with van der Waals surface area (Å²) in [5.74, 6) is -5.88. The number of primary amides is 2. The molecule has 182 valence electrons.